The molecule has 1 aromatic carbocycles. The lowest BCUT2D eigenvalue weighted by molar-refractivity contribution is 0.0630. The van der Waals surface area contributed by atoms with Crippen LogP contribution in [0.3, 0.4) is 0 Å². The lowest BCUT2D eigenvalue weighted by atomic mass is 9.94. The minimum atomic E-state index is -2.74. The molecule has 0 aliphatic rings. The number of ether oxygens (including phenoxy) is 2. The molecule has 1 atom stereocenters. The Morgan fingerprint density at radius 1 is 1.33 bits per heavy atom. The van der Waals surface area contributed by atoms with Crippen molar-refractivity contribution >= 4 is 11.8 Å². The van der Waals surface area contributed by atoms with Gasteiger partial charge in [0.2, 0.25) is 0 Å². The van der Waals surface area contributed by atoms with Crippen molar-refractivity contribution in [2.24, 2.45) is 5.73 Å². The predicted molar refractivity (Wildman–Crippen MR) is 86.8 cm³/mol. The highest BCUT2D eigenvalue weighted by atomic mass is 19.3. The van der Waals surface area contributed by atoms with E-state index in [-0.39, 0.29) is 23.6 Å². The first kappa shape index (κ1) is 20.0. The molecule has 1 aromatic rings. The molecule has 8 heteroatoms. The zero-order valence-corrected chi connectivity index (χ0v) is 14.4. The number of hydrogen-bond donors (Lipinski definition) is 3. The quantitative estimate of drug-likeness (QED) is 0.712. The summed E-state index contributed by atoms with van der Waals surface area (Å²) >= 11 is 0. The zero-order valence-electron chi connectivity index (χ0n) is 14.4. The summed E-state index contributed by atoms with van der Waals surface area (Å²) in [4.78, 5) is 11.9. The molecule has 0 aliphatic carbocycles. The zero-order chi connectivity index (χ0) is 18.7. The molecule has 0 aliphatic heterocycles. The third-order valence-electron chi connectivity index (χ3n) is 3.07. The second-order valence-corrected chi connectivity index (χ2v) is 6.80. The van der Waals surface area contributed by atoms with E-state index in [1.807, 2.05) is 0 Å². The highest BCUT2D eigenvalue weighted by Gasteiger charge is 2.31. The van der Waals surface area contributed by atoms with E-state index >= 15 is 0 Å². The molecule has 0 spiro atoms. The third-order valence-corrected chi connectivity index (χ3v) is 3.07. The van der Waals surface area contributed by atoms with Gasteiger partial charge >= 0.3 is 6.09 Å². The van der Waals surface area contributed by atoms with E-state index in [1.54, 1.807) is 20.8 Å². The molecule has 0 saturated carbocycles. The summed E-state index contributed by atoms with van der Waals surface area (Å²) in [5, 5.41) is 12.5. The highest BCUT2D eigenvalue weighted by molar-refractivity contribution is 5.88. The van der Waals surface area contributed by atoms with Gasteiger partial charge in [0, 0.05) is 0 Å². The van der Waals surface area contributed by atoms with Crippen LogP contribution in [0.25, 0.3) is 0 Å². The van der Waals surface area contributed by atoms with Gasteiger partial charge in [0.25, 0.3) is 6.43 Å². The van der Waals surface area contributed by atoms with E-state index in [1.165, 1.54) is 26.2 Å². The van der Waals surface area contributed by atoms with Gasteiger partial charge in [0.1, 0.15) is 5.60 Å². The average Bonchev–Trinajstić information content (AvgIpc) is 2.39. The standard InChI is InChI=1S/C16H24F2N2O4/c1-15(2,3)24-14(22)20-10-6-9(7-11(23-5)12(10)21)8-16(4,19)13(17)18/h6-7,13,21H,8,19H2,1-5H3,(H,20,22). The van der Waals surface area contributed by atoms with Crippen molar-refractivity contribution in [2.75, 3.05) is 12.4 Å². The molecule has 0 heterocycles. The molecule has 4 N–H and O–H groups in total. The Balaban J connectivity index is 3.12. The van der Waals surface area contributed by atoms with Gasteiger partial charge < -0.3 is 20.3 Å². The number of nitrogens with two attached hydrogens (primary N) is 1. The summed E-state index contributed by atoms with van der Waals surface area (Å²) in [5.41, 5.74) is 3.47. The number of carbonyl (C=O) groups excluding carboxylic acids is 1. The highest BCUT2D eigenvalue weighted by Crippen LogP contribution is 2.37. The minimum absolute atomic E-state index is 0.0105. The fraction of sp³-hybridized carbons (Fsp3) is 0.562. The van der Waals surface area contributed by atoms with Gasteiger partial charge in [0.15, 0.2) is 11.5 Å². The Labute approximate surface area is 139 Å². The molecular weight excluding hydrogens is 322 g/mol. The van der Waals surface area contributed by atoms with Crippen LogP contribution in [0, 0.1) is 0 Å². The van der Waals surface area contributed by atoms with Gasteiger partial charge in [-0.15, -0.1) is 0 Å². The largest absolute Gasteiger partial charge is 0.503 e. The van der Waals surface area contributed by atoms with Crippen LogP contribution < -0.4 is 15.8 Å². The lowest BCUT2D eigenvalue weighted by Gasteiger charge is -2.24. The number of alkyl halides is 2. The number of amides is 1. The summed E-state index contributed by atoms with van der Waals surface area (Å²) < 4.78 is 36.0. The number of anilines is 1. The summed E-state index contributed by atoms with van der Waals surface area (Å²) in [7, 11) is 1.31. The molecule has 0 saturated heterocycles. The summed E-state index contributed by atoms with van der Waals surface area (Å²) in [5.74, 6) is -0.300. The van der Waals surface area contributed by atoms with Gasteiger partial charge in [0.05, 0.1) is 18.3 Å². The molecule has 0 bridgehead atoms. The van der Waals surface area contributed by atoms with Crippen molar-refractivity contribution in [3.63, 3.8) is 0 Å². The Kier molecular flexibility index (Phi) is 5.99. The second kappa shape index (κ2) is 7.21. The monoisotopic (exact) mass is 346 g/mol. The van der Waals surface area contributed by atoms with Crippen molar-refractivity contribution in [1.29, 1.82) is 0 Å². The normalized spacial score (nSPS) is 14.2. The third kappa shape index (κ3) is 5.52. The van der Waals surface area contributed by atoms with Crippen molar-refractivity contribution in [1.82, 2.24) is 0 Å². The maximum Gasteiger partial charge on any atom is 0.412 e. The fourth-order valence-electron chi connectivity index (χ4n) is 1.95. The van der Waals surface area contributed by atoms with Crippen LogP contribution in [-0.4, -0.2) is 35.9 Å². The summed E-state index contributed by atoms with van der Waals surface area (Å²) in [6.07, 6.45) is -3.70. The fourth-order valence-corrected chi connectivity index (χ4v) is 1.95. The molecule has 0 aromatic heterocycles. The maximum atomic E-state index is 13.0. The molecule has 0 radical (unpaired) electrons. The van der Waals surface area contributed by atoms with E-state index in [0.717, 1.165) is 0 Å². The van der Waals surface area contributed by atoms with Crippen LogP contribution >= 0.6 is 0 Å². The van der Waals surface area contributed by atoms with Crippen molar-refractivity contribution in [3.8, 4) is 11.5 Å². The molecular formula is C16H24F2N2O4. The maximum absolute atomic E-state index is 13.0. The Hall–Kier alpha value is -2.09. The number of halogens is 2. The second-order valence-electron chi connectivity index (χ2n) is 6.80. The molecule has 0 fully saturated rings. The summed E-state index contributed by atoms with van der Waals surface area (Å²) in [6.45, 7) is 6.28. The molecule has 1 unspecified atom stereocenters. The van der Waals surface area contributed by atoms with Crippen molar-refractivity contribution < 1.29 is 28.2 Å². The molecule has 1 rings (SSSR count). The van der Waals surface area contributed by atoms with Gasteiger partial charge in [-0.25, -0.2) is 13.6 Å². The number of methoxy groups -OCH3 is 1. The number of aromatic hydroxyl groups is 1. The number of benzene rings is 1. The van der Waals surface area contributed by atoms with E-state index in [4.69, 9.17) is 15.2 Å². The van der Waals surface area contributed by atoms with E-state index < -0.39 is 23.7 Å². The Morgan fingerprint density at radius 2 is 1.92 bits per heavy atom. The van der Waals surface area contributed by atoms with E-state index in [2.05, 4.69) is 5.32 Å². The van der Waals surface area contributed by atoms with Gasteiger partial charge in [-0.05, 0) is 51.8 Å². The number of nitrogens with one attached hydrogen (secondary N) is 1. The number of carbonyl (C=O) groups is 1. The number of phenols is 1. The SMILES string of the molecule is COc1cc(CC(C)(N)C(F)F)cc(NC(=O)OC(C)(C)C)c1O. The first-order valence-corrected chi connectivity index (χ1v) is 7.32. The predicted octanol–water partition coefficient (Wildman–Crippen LogP) is 3.27. The molecule has 24 heavy (non-hydrogen) atoms. The van der Waals surface area contributed by atoms with Gasteiger partial charge in [-0.2, -0.15) is 0 Å². The lowest BCUT2D eigenvalue weighted by Crippen LogP contribution is -2.45. The van der Waals surface area contributed by atoms with Gasteiger partial charge in [-0.3, -0.25) is 5.32 Å². The smallest absolute Gasteiger partial charge is 0.412 e. The average molecular weight is 346 g/mol. The number of phenolic OH excluding ortho intramolecular Hbond substituents is 1. The van der Waals surface area contributed by atoms with Crippen LogP contribution in [0.5, 0.6) is 11.5 Å². The summed E-state index contributed by atoms with van der Waals surface area (Å²) in [6, 6.07) is 2.75. The van der Waals surface area contributed by atoms with E-state index in [0.29, 0.717) is 5.56 Å². The number of rotatable bonds is 5. The van der Waals surface area contributed by atoms with Crippen molar-refractivity contribution in [2.45, 2.75) is 51.7 Å². The number of hydrogen-bond acceptors (Lipinski definition) is 5. The van der Waals surface area contributed by atoms with Crippen LogP contribution in [0.15, 0.2) is 12.1 Å². The Bertz CT molecular complexity index is 598. The van der Waals surface area contributed by atoms with E-state index in [9.17, 15) is 18.7 Å². The van der Waals surface area contributed by atoms with Crippen LogP contribution in [0.2, 0.25) is 0 Å². The van der Waals surface area contributed by atoms with Crippen LogP contribution in [-0.2, 0) is 11.2 Å². The minimum Gasteiger partial charge on any atom is -0.503 e. The molecule has 6 nitrogen and oxygen atoms in total. The Morgan fingerprint density at radius 3 is 2.38 bits per heavy atom. The van der Waals surface area contributed by atoms with Crippen LogP contribution in [0.1, 0.15) is 33.3 Å². The first-order valence-electron chi connectivity index (χ1n) is 7.32. The molecule has 1 amide bonds. The van der Waals surface area contributed by atoms with Gasteiger partial charge in [-0.1, -0.05) is 0 Å². The topological polar surface area (TPSA) is 93.8 Å². The van der Waals surface area contributed by atoms with Crippen LogP contribution in [0.4, 0.5) is 19.3 Å². The first-order chi connectivity index (χ1) is 10.9. The molecule has 136 valence electrons. The van der Waals surface area contributed by atoms with Crippen molar-refractivity contribution in [3.05, 3.63) is 17.7 Å².